The van der Waals surface area contributed by atoms with Crippen molar-refractivity contribution in [2.45, 2.75) is 0 Å². The smallest absolute Gasteiger partial charge is 0.313 e. The standard InChI is InChI=1S/C6H6N4OS/c7-3-1-2-12-4(3)5-9-10-6(8)11-5/h1-2H,7H2,(H2,8,10). The lowest BCUT2D eigenvalue weighted by molar-refractivity contribution is 0.592. The topological polar surface area (TPSA) is 91.0 Å². The number of hydrogen-bond acceptors (Lipinski definition) is 6. The molecule has 0 aliphatic carbocycles. The van der Waals surface area contributed by atoms with E-state index in [4.69, 9.17) is 15.9 Å². The molecule has 62 valence electrons. The molecule has 0 amide bonds. The highest BCUT2D eigenvalue weighted by molar-refractivity contribution is 7.14. The van der Waals surface area contributed by atoms with Crippen LogP contribution in [0.2, 0.25) is 0 Å². The van der Waals surface area contributed by atoms with Gasteiger partial charge in [-0.1, -0.05) is 5.10 Å². The summed E-state index contributed by atoms with van der Waals surface area (Å²) in [5, 5.41) is 9.09. The van der Waals surface area contributed by atoms with Crippen LogP contribution < -0.4 is 11.5 Å². The lowest BCUT2D eigenvalue weighted by Crippen LogP contribution is -1.83. The minimum Gasteiger partial charge on any atom is -0.403 e. The first kappa shape index (κ1) is 7.11. The van der Waals surface area contributed by atoms with Crippen molar-refractivity contribution in [2.24, 2.45) is 0 Å². The number of nitrogens with two attached hydrogens (primary N) is 2. The highest BCUT2D eigenvalue weighted by atomic mass is 32.1. The molecule has 0 radical (unpaired) electrons. The van der Waals surface area contributed by atoms with Crippen molar-refractivity contribution in [3.05, 3.63) is 11.4 Å². The molecule has 5 nitrogen and oxygen atoms in total. The third kappa shape index (κ3) is 1.02. The van der Waals surface area contributed by atoms with E-state index in [1.807, 2.05) is 5.38 Å². The highest BCUT2D eigenvalue weighted by Gasteiger charge is 2.10. The Hall–Kier alpha value is -1.56. The monoisotopic (exact) mass is 182 g/mol. The quantitative estimate of drug-likeness (QED) is 0.685. The lowest BCUT2D eigenvalue weighted by Gasteiger charge is -1.88. The molecular formula is C6H6N4OS. The Kier molecular flexibility index (Phi) is 1.47. The van der Waals surface area contributed by atoms with E-state index in [1.165, 1.54) is 11.3 Å². The number of nitrogen functional groups attached to an aromatic ring is 2. The Morgan fingerprint density at radius 3 is 2.67 bits per heavy atom. The van der Waals surface area contributed by atoms with Crippen molar-refractivity contribution in [1.82, 2.24) is 10.2 Å². The summed E-state index contributed by atoms with van der Waals surface area (Å²) < 4.78 is 4.99. The van der Waals surface area contributed by atoms with E-state index >= 15 is 0 Å². The van der Waals surface area contributed by atoms with Gasteiger partial charge in [0.25, 0.3) is 5.89 Å². The predicted molar refractivity (Wildman–Crippen MR) is 46.4 cm³/mol. The Bertz CT molecular complexity index is 394. The molecule has 0 aliphatic rings. The van der Waals surface area contributed by atoms with Crippen LogP contribution in [0.1, 0.15) is 0 Å². The summed E-state index contributed by atoms with van der Waals surface area (Å²) in [5.41, 5.74) is 11.5. The Morgan fingerprint density at radius 2 is 2.17 bits per heavy atom. The number of aromatic nitrogens is 2. The number of hydrogen-bond donors (Lipinski definition) is 2. The molecule has 12 heavy (non-hydrogen) atoms. The number of rotatable bonds is 1. The number of thiophene rings is 1. The van der Waals surface area contributed by atoms with Gasteiger partial charge in [-0.2, -0.15) is 0 Å². The fourth-order valence-electron chi connectivity index (χ4n) is 0.819. The van der Waals surface area contributed by atoms with Crippen LogP contribution in [0.4, 0.5) is 11.7 Å². The summed E-state index contributed by atoms with van der Waals surface area (Å²) in [6.45, 7) is 0. The first-order valence-electron chi connectivity index (χ1n) is 3.19. The van der Waals surface area contributed by atoms with Crippen LogP contribution in [-0.4, -0.2) is 10.2 Å². The maximum atomic E-state index is 5.62. The Morgan fingerprint density at radius 1 is 1.33 bits per heavy atom. The molecule has 2 heterocycles. The molecule has 2 rings (SSSR count). The van der Waals surface area contributed by atoms with Gasteiger partial charge in [0.1, 0.15) is 4.88 Å². The van der Waals surface area contributed by atoms with E-state index < -0.39 is 0 Å². The zero-order chi connectivity index (χ0) is 8.55. The van der Waals surface area contributed by atoms with Crippen molar-refractivity contribution in [1.29, 1.82) is 0 Å². The SMILES string of the molecule is Nc1nnc(-c2sccc2N)o1. The second kappa shape index (κ2) is 2.49. The van der Waals surface area contributed by atoms with Gasteiger partial charge in [-0.25, -0.2) is 0 Å². The third-order valence-corrected chi connectivity index (χ3v) is 2.25. The van der Waals surface area contributed by atoms with E-state index in [0.717, 1.165) is 4.88 Å². The average molecular weight is 182 g/mol. The molecule has 0 aromatic carbocycles. The third-order valence-electron chi connectivity index (χ3n) is 1.33. The van der Waals surface area contributed by atoms with Crippen molar-refractivity contribution in [3.63, 3.8) is 0 Å². The van der Waals surface area contributed by atoms with Gasteiger partial charge in [-0.15, -0.1) is 16.4 Å². The van der Waals surface area contributed by atoms with Gasteiger partial charge in [0.05, 0.1) is 5.69 Å². The summed E-state index contributed by atoms with van der Waals surface area (Å²) in [5.74, 6) is 0.375. The Balaban J connectivity index is 2.50. The van der Waals surface area contributed by atoms with Gasteiger partial charge in [0.15, 0.2) is 0 Å². The molecule has 0 unspecified atom stereocenters. The molecule has 0 atom stereocenters. The molecule has 0 saturated heterocycles. The van der Waals surface area contributed by atoms with Crippen LogP contribution in [0.15, 0.2) is 15.9 Å². The molecule has 0 fully saturated rings. The minimum absolute atomic E-state index is 0.0535. The summed E-state index contributed by atoms with van der Waals surface area (Å²) in [6, 6.07) is 1.83. The highest BCUT2D eigenvalue weighted by Crippen LogP contribution is 2.30. The van der Waals surface area contributed by atoms with Gasteiger partial charge in [0.2, 0.25) is 0 Å². The number of nitrogens with zero attached hydrogens (tertiary/aromatic N) is 2. The molecule has 2 aromatic heterocycles. The first-order valence-corrected chi connectivity index (χ1v) is 4.07. The molecule has 0 bridgehead atoms. The van der Waals surface area contributed by atoms with Crippen molar-refractivity contribution < 1.29 is 4.42 Å². The average Bonchev–Trinajstić information content (AvgIpc) is 2.58. The second-order valence-corrected chi connectivity index (χ2v) is 3.07. The zero-order valence-electron chi connectivity index (χ0n) is 6.02. The molecular weight excluding hydrogens is 176 g/mol. The summed E-state index contributed by atoms with van der Waals surface area (Å²) in [4.78, 5) is 0.763. The zero-order valence-corrected chi connectivity index (χ0v) is 6.84. The largest absolute Gasteiger partial charge is 0.403 e. The number of anilines is 2. The molecule has 6 heteroatoms. The van der Waals surface area contributed by atoms with Crippen LogP contribution in [-0.2, 0) is 0 Å². The van der Waals surface area contributed by atoms with E-state index in [0.29, 0.717) is 11.6 Å². The molecule has 0 aliphatic heterocycles. The van der Waals surface area contributed by atoms with Gasteiger partial charge < -0.3 is 15.9 Å². The van der Waals surface area contributed by atoms with Gasteiger partial charge >= 0.3 is 6.01 Å². The maximum Gasteiger partial charge on any atom is 0.313 e. The van der Waals surface area contributed by atoms with E-state index in [9.17, 15) is 0 Å². The van der Waals surface area contributed by atoms with Gasteiger partial charge in [-0.05, 0) is 11.4 Å². The predicted octanol–water partition coefficient (Wildman–Crippen LogP) is 0.962. The molecule has 2 aromatic rings. The van der Waals surface area contributed by atoms with Crippen molar-refractivity contribution in [2.75, 3.05) is 11.5 Å². The lowest BCUT2D eigenvalue weighted by atomic mass is 10.4. The van der Waals surface area contributed by atoms with Crippen LogP contribution in [0.3, 0.4) is 0 Å². The van der Waals surface area contributed by atoms with E-state index in [2.05, 4.69) is 10.2 Å². The maximum absolute atomic E-state index is 5.62. The van der Waals surface area contributed by atoms with Crippen LogP contribution in [0, 0.1) is 0 Å². The Labute approximate surface area is 72.0 Å². The van der Waals surface area contributed by atoms with Gasteiger partial charge in [-0.3, -0.25) is 0 Å². The van der Waals surface area contributed by atoms with Crippen LogP contribution in [0.25, 0.3) is 10.8 Å². The summed E-state index contributed by atoms with van der Waals surface area (Å²) in [6.07, 6.45) is 0. The van der Waals surface area contributed by atoms with Crippen molar-refractivity contribution in [3.8, 4) is 10.8 Å². The fraction of sp³-hybridized carbons (Fsp3) is 0. The molecule has 0 spiro atoms. The van der Waals surface area contributed by atoms with Crippen LogP contribution >= 0.6 is 11.3 Å². The molecule has 4 N–H and O–H groups in total. The second-order valence-electron chi connectivity index (χ2n) is 2.15. The summed E-state index contributed by atoms with van der Waals surface area (Å²) in [7, 11) is 0. The van der Waals surface area contributed by atoms with Crippen LogP contribution in [0.5, 0.6) is 0 Å². The molecule has 0 saturated carbocycles. The van der Waals surface area contributed by atoms with E-state index in [1.54, 1.807) is 6.07 Å². The minimum atomic E-state index is 0.0535. The summed E-state index contributed by atoms with van der Waals surface area (Å²) >= 11 is 1.44. The van der Waals surface area contributed by atoms with Crippen molar-refractivity contribution >= 4 is 23.0 Å². The first-order chi connectivity index (χ1) is 5.77. The normalized spacial score (nSPS) is 10.3. The van der Waals surface area contributed by atoms with Gasteiger partial charge in [0, 0.05) is 0 Å². The fourth-order valence-corrected chi connectivity index (χ4v) is 1.56. The van der Waals surface area contributed by atoms with E-state index in [-0.39, 0.29) is 6.01 Å².